The minimum atomic E-state index is 0.00810. The van der Waals surface area contributed by atoms with Crippen molar-refractivity contribution in [2.45, 2.75) is 110 Å². The summed E-state index contributed by atoms with van der Waals surface area (Å²) in [5, 5.41) is 14.7. The summed E-state index contributed by atoms with van der Waals surface area (Å²) in [7, 11) is 0.833. The first-order valence-electron chi connectivity index (χ1n) is 27.2. The third-order valence-corrected chi connectivity index (χ3v) is 19.7. The first kappa shape index (κ1) is 45.9. The third-order valence-electron chi connectivity index (χ3n) is 17.4. The molecular weight excluding hydrogens is 932 g/mol. The monoisotopic (exact) mass is 994 g/mol. The topological polar surface area (TPSA) is 17.0 Å². The van der Waals surface area contributed by atoms with Gasteiger partial charge >= 0.3 is 0 Å². The molecule has 0 fully saturated rings. The van der Waals surface area contributed by atoms with Crippen LogP contribution in [0.4, 0.5) is 11.4 Å². The van der Waals surface area contributed by atoms with Gasteiger partial charge in [-0.15, -0.1) is 22.7 Å². The van der Waals surface area contributed by atoms with E-state index < -0.39 is 0 Å². The molecule has 364 valence electrons. The minimum absolute atomic E-state index is 0.00810. The molecule has 2 nitrogen and oxygen atoms in total. The number of aryl methyl sites for hydroxylation is 1. The van der Waals surface area contributed by atoms with Crippen molar-refractivity contribution in [3.8, 4) is 27.9 Å². The van der Waals surface area contributed by atoms with Gasteiger partial charge in [-0.05, 0) is 164 Å². The van der Waals surface area contributed by atoms with Gasteiger partial charge in [0, 0.05) is 79.3 Å². The second-order valence-electron chi connectivity index (χ2n) is 24.2. The molecule has 9 aromatic carbocycles. The first-order chi connectivity index (χ1) is 35.7. The van der Waals surface area contributed by atoms with Gasteiger partial charge in [-0.3, -0.25) is 0 Å². The van der Waals surface area contributed by atoms with Crippen molar-refractivity contribution in [3.05, 3.63) is 174 Å². The predicted octanol–water partition coefficient (Wildman–Crippen LogP) is 18.8. The van der Waals surface area contributed by atoms with Gasteiger partial charge in [0.2, 0.25) is 0 Å². The van der Waals surface area contributed by atoms with Gasteiger partial charge in [0.05, 0.1) is 5.52 Å². The summed E-state index contributed by atoms with van der Waals surface area (Å²) >= 11 is 3.87. The van der Waals surface area contributed by atoms with Crippen LogP contribution in [0.1, 0.15) is 110 Å². The van der Waals surface area contributed by atoms with Crippen LogP contribution in [-0.2, 0) is 22.7 Å². The van der Waals surface area contributed by atoms with Crippen LogP contribution >= 0.6 is 22.7 Å². The van der Waals surface area contributed by atoms with Crippen LogP contribution in [0.5, 0.6) is 0 Å². The SMILES string of the molecule is CCCCCc1ccc(Nc2cc3sc4cc5c(cc4c3cc2-c2cc(-c3ccc4c(c3)sc3ccccc34)c3c4c6ccccc6ccc4n4c3c2Bc2cc(C(C)(C)C)ccc2-4)C(C)(C)CCC5(C)C)cc1. The van der Waals surface area contributed by atoms with Gasteiger partial charge in [0.15, 0.2) is 7.28 Å². The van der Waals surface area contributed by atoms with Crippen molar-refractivity contribution in [2.24, 2.45) is 0 Å². The normalized spacial score (nSPS) is 14.9. The summed E-state index contributed by atoms with van der Waals surface area (Å²) in [6, 6.07) is 59.5. The van der Waals surface area contributed by atoms with Gasteiger partial charge < -0.3 is 9.88 Å². The van der Waals surface area contributed by atoms with Crippen molar-refractivity contribution in [3.63, 3.8) is 0 Å². The van der Waals surface area contributed by atoms with Gasteiger partial charge in [-0.25, -0.2) is 0 Å². The molecule has 12 aromatic rings. The van der Waals surface area contributed by atoms with Gasteiger partial charge in [-0.1, -0.05) is 159 Å². The van der Waals surface area contributed by atoms with Crippen molar-refractivity contribution < 1.29 is 0 Å². The standard InChI is InChI=1S/C69H63BN2S2/c1-9-10-11-16-40-21-26-44(27-22-40)71-56-39-62-50(51-37-53-54(38-61(51)74-62)69(7,8)32-31-68(53,5)6)36-49(56)52-35-48(42-23-28-47-46-19-14-15-20-59(46)73-60(47)33-42)64-63-45-18-13-12-17-41(45)24-29-58(63)72-57-30-25-43(67(2,3)4)34-55(57)70-65(52)66(64)72/h12-15,17-30,33-39,70-71H,9-11,16,31-32H2,1-8H3. The van der Waals surface area contributed by atoms with Crippen molar-refractivity contribution in [2.75, 3.05) is 5.32 Å². The van der Waals surface area contributed by atoms with Crippen LogP contribution in [0.15, 0.2) is 152 Å². The third kappa shape index (κ3) is 7.16. The molecule has 1 N–H and O–H groups in total. The maximum atomic E-state index is 4.11. The molecule has 0 saturated heterocycles. The molecular formula is C69H63BN2S2. The van der Waals surface area contributed by atoms with E-state index in [0.29, 0.717) is 0 Å². The number of aromatic nitrogens is 1. The van der Waals surface area contributed by atoms with Crippen LogP contribution in [0.3, 0.4) is 0 Å². The lowest BCUT2D eigenvalue weighted by atomic mass is 9.58. The molecule has 0 bridgehead atoms. The summed E-state index contributed by atoms with van der Waals surface area (Å²) in [5.41, 5.74) is 20.1. The molecule has 74 heavy (non-hydrogen) atoms. The maximum absolute atomic E-state index is 4.11. The Bertz CT molecular complexity index is 4300. The lowest BCUT2D eigenvalue weighted by molar-refractivity contribution is 0.332. The lowest BCUT2D eigenvalue weighted by Crippen LogP contribution is -2.38. The van der Waals surface area contributed by atoms with Crippen LogP contribution in [-0.4, -0.2) is 11.8 Å². The van der Waals surface area contributed by atoms with E-state index >= 15 is 0 Å². The summed E-state index contributed by atoms with van der Waals surface area (Å²) in [6.45, 7) is 19.2. The number of unbranched alkanes of at least 4 members (excludes halogenated alkanes) is 2. The number of thiophene rings is 2. The van der Waals surface area contributed by atoms with Crippen LogP contribution < -0.4 is 16.2 Å². The molecule has 2 aliphatic rings. The Balaban J connectivity index is 1.11. The zero-order valence-electron chi connectivity index (χ0n) is 44.1. The Morgan fingerprint density at radius 1 is 0.581 bits per heavy atom. The second kappa shape index (κ2) is 16.7. The highest BCUT2D eigenvalue weighted by molar-refractivity contribution is 7.26. The summed E-state index contributed by atoms with van der Waals surface area (Å²) in [6.07, 6.45) is 7.24. The van der Waals surface area contributed by atoms with E-state index in [0.717, 1.165) is 25.1 Å². The fraction of sp³-hybridized carbons (Fsp3) is 0.246. The van der Waals surface area contributed by atoms with Crippen LogP contribution in [0.2, 0.25) is 0 Å². The molecule has 1 aliphatic carbocycles. The van der Waals surface area contributed by atoms with Crippen molar-refractivity contribution in [1.29, 1.82) is 0 Å². The molecule has 5 heteroatoms. The Hall–Kier alpha value is -6.66. The van der Waals surface area contributed by atoms with Gasteiger partial charge in [0.1, 0.15) is 0 Å². The Morgan fingerprint density at radius 3 is 2.08 bits per heavy atom. The number of nitrogens with one attached hydrogen (secondary N) is 1. The quantitative estimate of drug-likeness (QED) is 0.119. The molecule has 0 amide bonds. The van der Waals surface area contributed by atoms with E-state index in [-0.39, 0.29) is 16.2 Å². The van der Waals surface area contributed by atoms with E-state index in [9.17, 15) is 0 Å². The number of fused-ring (bicyclic) bond motifs is 14. The second-order valence-corrected chi connectivity index (χ2v) is 26.4. The molecule has 0 spiro atoms. The average molecular weight is 995 g/mol. The van der Waals surface area contributed by atoms with Crippen molar-refractivity contribution >= 4 is 125 Å². The molecule has 0 unspecified atom stereocenters. The molecule has 1 aliphatic heterocycles. The summed E-state index contributed by atoms with van der Waals surface area (Å²) in [5.74, 6) is 0. The number of hydrogen-bond acceptors (Lipinski definition) is 3. The summed E-state index contributed by atoms with van der Waals surface area (Å²) in [4.78, 5) is 0. The Morgan fingerprint density at radius 2 is 1.28 bits per heavy atom. The Kier molecular flexibility index (Phi) is 10.3. The zero-order chi connectivity index (χ0) is 50.4. The zero-order valence-corrected chi connectivity index (χ0v) is 45.8. The number of anilines is 2. The molecule has 0 saturated carbocycles. The first-order valence-corrected chi connectivity index (χ1v) is 28.8. The molecule has 3 aromatic heterocycles. The van der Waals surface area contributed by atoms with E-state index in [1.54, 1.807) is 0 Å². The number of benzene rings is 9. The van der Waals surface area contributed by atoms with Crippen LogP contribution in [0.25, 0.3) is 101 Å². The average Bonchev–Trinajstić information content (AvgIpc) is 4.08. The van der Waals surface area contributed by atoms with Gasteiger partial charge in [0.25, 0.3) is 0 Å². The molecule has 4 heterocycles. The lowest BCUT2D eigenvalue weighted by Gasteiger charge is -2.41. The highest BCUT2D eigenvalue weighted by atomic mass is 32.1. The van der Waals surface area contributed by atoms with Crippen molar-refractivity contribution in [1.82, 2.24) is 4.57 Å². The largest absolute Gasteiger partial charge is 0.355 e. The minimum Gasteiger partial charge on any atom is -0.355 e. The number of rotatable bonds is 8. The fourth-order valence-corrected chi connectivity index (χ4v) is 15.4. The molecule has 0 radical (unpaired) electrons. The maximum Gasteiger partial charge on any atom is 0.198 e. The van der Waals surface area contributed by atoms with E-state index in [4.69, 9.17) is 0 Å². The highest BCUT2D eigenvalue weighted by Crippen LogP contribution is 2.52. The summed E-state index contributed by atoms with van der Waals surface area (Å²) < 4.78 is 8.02. The van der Waals surface area contributed by atoms with Crippen LogP contribution in [0, 0.1) is 0 Å². The number of hydrogen-bond donors (Lipinski definition) is 1. The smallest absolute Gasteiger partial charge is 0.198 e. The molecule has 14 rings (SSSR count). The van der Waals surface area contributed by atoms with E-state index in [2.05, 4.69) is 217 Å². The number of nitrogens with zero attached hydrogens (tertiary/aromatic N) is 1. The predicted molar refractivity (Wildman–Crippen MR) is 328 cm³/mol. The van der Waals surface area contributed by atoms with Gasteiger partial charge in [-0.2, -0.15) is 0 Å². The Labute approximate surface area is 444 Å². The van der Waals surface area contributed by atoms with E-state index in [1.807, 2.05) is 22.7 Å². The molecule has 0 atom stereocenters. The fourth-order valence-electron chi connectivity index (χ4n) is 13.1. The van der Waals surface area contributed by atoms with E-state index in [1.165, 1.54) is 166 Å². The highest BCUT2D eigenvalue weighted by Gasteiger charge is 2.38.